The number of anilines is 1. The van der Waals surface area contributed by atoms with Crippen LogP contribution in [0.3, 0.4) is 0 Å². The van der Waals surface area contributed by atoms with Crippen molar-refractivity contribution < 1.29 is 14.3 Å². The number of hydrogen-bond donors (Lipinski definition) is 1. The number of esters is 1. The van der Waals surface area contributed by atoms with Gasteiger partial charge in [0.15, 0.2) is 5.60 Å². The van der Waals surface area contributed by atoms with E-state index in [-0.39, 0.29) is 5.91 Å². The van der Waals surface area contributed by atoms with Gasteiger partial charge >= 0.3 is 5.97 Å². The zero-order valence-electron chi connectivity index (χ0n) is 17.1. The maximum Gasteiger partial charge on any atom is 0.339 e. The fourth-order valence-corrected chi connectivity index (χ4v) is 4.24. The van der Waals surface area contributed by atoms with Crippen molar-refractivity contribution in [1.82, 2.24) is 4.90 Å². The van der Waals surface area contributed by atoms with Crippen molar-refractivity contribution in [3.8, 4) is 0 Å². The first-order chi connectivity index (χ1) is 13.9. The van der Waals surface area contributed by atoms with Crippen LogP contribution in [0.2, 0.25) is 0 Å². The predicted octanol–water partition coefficient (Wildman–Crippen LogP) is 4.17. The van der Waals surface area contributed by atoms with Crippen LogP contribution in [-0.4, -0.2) is 35.0 Å². The molecule has 0 aromatic heterocycles. The van der Waals surface area contributed by atoms with E-state index in [0.717, 1.165) is 18.7 Å². The summed E-state index contributed by atoms with van der Waals surface area (Å²) in [5.74, 6) is -0.756. The van der Waals surface area contributed by atoms with Gasteiger partial charge in [0.2, 0.25) is 0 Å². The normalized spacial score (nSPS) is 24.5. The molecule has 1 fully saturated rings. The van der Waals surface area contributed by atoms with Crippen LogP contribution in [0.4, 0.5) is 5.69 Å². The van der Waals surface area contributed by atoms with E-state index in [4.69, 9.17) is 4.74 Å². The molecule has 1 N–H and O–H groups in total. The van der Waals surface area contributed by atoms with Crippen molar-refractivity contribution in [2.24, 2.45) is 0 Å². The van der Waals surface area contributed by atoms with E-state index in [1.165, 1.54) is 24.8 Å². The van der Waals surface area contributed by atoms with E-state index >= 15 is 0 Å². The first kappa shape index (κ1) is 19.6. The zero-order valence-corrected chi connectivity index (χ0v) is 17.1. The molecule has 4 rings (SSSR count). The zero-order chi connectivity index (χ0) is 20.4. The van der Waals surface area contributed by atoms with Gasteiger partial charge in [-0.25, -0.2) is 4.79 Å². The number of cyclic esters (lactones) is 1. The molecule has 152 valence electrons. The van der Waals surface area contributed by atoms with Crippen molar-refractivity contribution in [2.75, 3.05) is 11.9 Å². The van der Waals surface area contributed by atoms with Crippen molar-refractivity contribution in [3.63, 3.8) is 0 Å². The molecule has 0 spiro atoms. The van der Waals surface area contributed by atoms with Crippen molar-refractivity contribution >= 4 is 17.6 Å². The van der Waals surface area contributed by atoms with E-state index in [1.54, 1.807) is 19.1 Å². The number of nitrogens with one attached hydrogen (secondary N) is 1. The Morgan fingerprint density at radius 1 is 1.17 bits per heavy atom. The quantitative estimate of drug-likeness (QED) is 0.794. The Kier molecular flexibility index (Phi) is 5.41. The minimum atomic E-state index is -1.21. The predicted molar refractivity (Wildman–Crippen MR) is 113 cm³/mol. The SMILES string of the molecule is CC1CCCCN1Cc1ccc(NC(=O)C2(C)Cc3ccccc3C(=O)O2)cc1. The van der Waals surface area contributed by atoms with Crippen LogP contribution in [-0.2, 0) is 22.5 Å². The Bertz CT molecular complexity index is 909. The standard InChI is InChI=1S/C24H28N2O3/c1-17-7-5-6-14-26(17)16-18-10-12-20(13-11-18)25-23(28)24(2)15-19-8-3-4-9-21(19)22(27)29-24/h3-4,8-13,17H,5-7,14-16H2,1-2H3,(H,25,28). The van der Waals surface area contributed by atoms with E-state index in [9.17, 15) is 9.59 Å². The molecule has 2 heterocycles. The highest BCUT2D eigenvalue weighted by atomic mass is 16.6. The van der Waals surface area contributed by atoms with Crippen LogP contribution in [0.5, 0.6) is 0 Å². The highest BCUT2D eigenvalue weighted by Gasteiger charge is 2.42. The topological polar surface area (TPSA) is 58.6 Å². The number of carbonyl (C=O) groups excluding carboxylic acids is 2. The maximum absolute atomic E-state index is 12.9. The molecule has 1 amide bonds. The van der Waals surface area contributed by atoms with E-state index in [0.29, 0.717) is 23.7 Å². The third-order valence-corrected chi connectivity index (χ3v) is 6.10. The Labute approximate surface area is 172 Å². The maximum atomic E-state index is 12.9. The Balaban J connectivity index is 1.41. The molecule has 1 saturated heterocycles. The fraction of sp³-hybridized carbons (Fsp3) is 0.417. The van der Waals surface area contributed by atoms with Gasteiger partial charge in [-0.1, -0.05) is 36.8 Å². The summed E-state index contributed by atoms with van der Waals surface area (Å²) in [4.78, 5) is 27.7. The third kappa shape index (κ3) is 4.20. The second-order valence-electron chi connectivity index (χ2n) is 8.42. The summed E-state index contributed by atoms with van der Waals surface area (Å²) in [6.45, 7) is 6.03. The molecule has 0 aliphatic carbocycles. The number of fused-ring (bicyclic) bond motifs is 1. The molecule has 2 aliphatic heterocycles. The summed E-state index contributed by atoms with van der Waals surface area (Å²) < 4.78 is 5.51. The van der Waals surface area contributed by atoms with Crippen LogP contribution in [0.25, 0.3) is 0 Å². The summed E-state index contributed by atoms with van der Waals surface area (Å²) in [5.41, 5.74) is 2.11. The van der Waals surface area contributed by atoms with E-state index in [2.05, 4.69) is 29.3 Å². The number of piperidine rings is 1. The van der Waals surface area contributed by atoms with Crippen LogP contribution >= 0.6 is 0 Å². The molecule has 5 nitrogen and oxygen atoms in total. The highest BCUT2D eigenvalue weighted by Crippen LogP contribution is 2.29. The molecule has 2 aliphatic rings. The number of benzene rings is 2. The van der Waals surface area contributed by atoms with Gasteiger partial charge in [0.05, 0.1) is 5.56 Å². The Morgan fingerprint density at radius 3 is 2.69 bits per heavy atom. The summed E-state index contributed by atoms with van der Waals surface area (Å²) in [7, 11) is 0. The van der Waals surface area contributed by atoms with Crippen molar-refractivity contribution in [3.05, 3.63) is 65.2 Å². The lowest BCUT2D eigenvalue weighted by molar-refractivity contribution is -0.134. The van der Waals surface area contributed by atoms with Crippen LogP contribution in [0.1, 0.15) is 54.6 Å². The summed E-state index contributed by atoms with van der Waals surface area (Å²) in [6, 6.07) is 15.9. The number of carbonyl (C=O) groups is 2. The molecule has 0 radical (unpaired) electrons. The highest BCUT2D eigenvalue weighted by molar-refractivity contribution is 6.02. The average Bonchev–Trinajstić information content (AvgIpc) is 2.71. The number of likely N-dealkylation sites (tertiary alicyclic amines) is 1. The molecular weight excluding hydrogens is 364 g/mol. The molecule has 2 aromatic rings. The van der Waals surface area contributed by atoms with Gasteiger partial charge in [0.25, 0.3) is 5.91 Å². The van der Waals surface area contributed by atoms with Gasteiger partial charge in [-0.05, 0) is 62.6 Å². The molecule has 2 unspecified atom stereocenters. The second-order valence-corrected chi connectivity index (χ2v) is 8.42. The molecule has 0 saturated carbocycles. The smallest absolute Gasteiger partial charge is 0.339 e. The fourth-order valence-electron chi connectivity index (χ4n) is 4.24. The summed E-state index contributed by atoms with van der Waals surface area (Å²) >= 11 is 0. The number of nitrogens with zero attached hydrogens (tertiary/aromatic N) is 1. The monoisotopic (exact) mass is 392 g/mol. The molecule has 2 aromatic carbocycles. The minimum absolute atomic E-state index is 0.308. The number of amides is 1. The van der Waals surface area contributed by atoms with Crippen LogP contribution < -0.4 is 5.32 Å². The summed E-state index contributed by atoms with van der Waals surface area (Å²) in [5, 5.41) is 2.91. The van der Waals surface area contributed by atoms with Crippen molar-refractivity contribution in [1.29, 1.82) is 0 Å². The number of rotatable bonds is 4. The van der Waals surface area contributed by atoms with Crippen LogP contribution in [0, 0.1) is 0 Å². The van der Waals surface area contributed by atoms with Gasteiger partial charge in [0, 0.05) is 24.7 Å². The van der Waals surface area contributed by atoms with Crippen LogP contribution in [0.15, 0.2) is 48.5 Å². The third-order valence-electron chi connectivity index (χ3n) is 6.10. The average molecular weight is 392 g/mol. The lowest BCUT2D eigenvalue weighted by atomic mass is 9.89. The Hall–Kier alpha value is -2.66. The number of ether oxygens (including phenoxy) is 1. The van der Waals surface area contributed by atoms with Gasteiger partial charge in [-0.2, -0.15) is 0 Å². The van der Waals surface area contributed by atoms with Gasteiger partial charge in [0.1, 0.15) is 0 Å². The lowest BCUT2D eigenvalue weighted by Crippen LogP contribution is -2.48. The summed E-state index contributed by atoms with van der Waals surface area (Å²) in [6.07, 6.45) is 4.20. The van der Waals surface area contributed by atoms with E-state index < -0.39 is 11.6 Å². The van der Waals surface area contributed by atoms with Gasteiger partial charge in [-0.3, -0.25) is 9.69 Å². The molecule has 5 heteroatoms. The van der Waals surface area contributed by atoms with E-state index in [1.807, 2.05) is 24.3 Å². The molecule has 0 bridgehead atoms. The molecule has 29 heavy (non-hydrogen) atoms. The van der Waals surface area contributed by atoms with Crippen molar-refractivity contribution in [2.45, 2.75) is 57.7 Å². The first-order valence-electron chi connectivity index (χ1n) is 10.4. The van der Waals surface area contributed by atoms with Gasteiger partial charge < -0.3 is 10.1 Å². The second kappa shape index (κ2) is 7.99. The lowest BCUT2D eigenvalue weighted by Gasteiger charge is -2.33. The molecule has 2 atom stereocenters. The first-order valence-corrected chi connectivity index (χ1v) is 10.4. The largest absolute Gasteiger partial charge is 0.445 e. The molecular formula is C24H28N2O3. The number of hydrogen-bond acceptors (Lipinski definition) is 4. The van der Waals surface area contributed by atoms with Gasteiger partial charge in [-0.15, -0.1) is 0 Å². The Morgan fingerprint density at radius 2 is 1.93 bits per heavy atom. The minimum Gasteiger partial charge on any atom is -0.445 e.